The predicted octanol–water partition coefficient (Wildman–Crippen LogP) is 2.34. The normalized spacial score (nSPS) is 11.7. The molecular formula is C12H13BrN2O5. The van der Waals surface area contributed by atoms with Gasteiger partial charge in [-0.3, -0.25) is 14.9 Å². The summed E-state index contributed by atoms with van der Waals surface area (Å²) in [5.41, 5.74) is -0.208. The van der Waals surface area contributed by atoms with Crippen molar-refractivity contribution in [3.63, 3.8) is 0 Å². The second-order valence-electron chi connectivity index (χ2n) is 4.11. The van der Waals surface area contributed by atoms with Gasteiger partial charge in [0, 0.05) is 22.2 Å². The molecular weight excluding hydrogens is 332 g/mol. The Hall–Kier alpha value is -1.96. The maximum absolute atomic E-state index is 11.9. The third-order valence-corrected chi connectivity index (χ3v) is 2.99. The van der Waals surface area contributed by atoms with E-state index < -0.39 is 22.8 Å². The van der Waals surface area contributed by atoms with E-state index in [9.17, 15) is 19.7 Å². The molecule has 1 atom stereocenters. The van der Waals surface area contributed by atoms with Crippen molar-refractivity contribution < 1.29 is 19.6 Å². The number of nitro benzene ring substituents is 1. The van der Waals surface area contributed by atoms with Crippen LogP contribution < -0.4 is 5.32 Å². The van der Waals surface area contributed by atoms with E-state index in [0.29, 0.717) is 10.9 Å². The van der Waals surface area contributed by atoms with Crippen LogP contribution in [0.25, 0.3) is 0 Å². The number of amides is 1. The highest BCUT2D eigenvalue weighted by Gasteiger charge is 2.21. The average molecular weight is 345 g/mol. The molecule has 0 heterocycles. The number of aliphatic carboxylic acids is 1. The van der Waals surface area contributed by atoms with Crippen LogP contribution in [0.1, 0.15) is 30.1 Å². The summed E-state index contributed by atoms with van der Waals surface area (Å²) >= 11 is 3.07. The van der Waals surface area contributed by atoms with Crippen molar-refractivity contribution in [1.82, 2.24) is 5.32 Å². The number of nitro groups is 1. The molecule has 2 N–H and O–H groups in total. The van der Waals surface area contributed by atoms with Gasteiger partial charge in [0.1, 0.15) is 6.04 Å². The number of nitrogens with one attached hydrogen (secondary N) is 1. The Bertz CT molecular complexity index is 547. The number of hydrogen-bond donors (Lipinski definition) is 2. The number of nitrogens with zero attached hydrogens (tertiary/aromatic N) is 1. The number of rotatable bonds is 6. The molecule has 0 spiro atoms. The van der Waals surface area contributed by atoms with Crippen LogP contribution in [0.2, 0.25) is 0 Å². The fourth-order valence-corrected chi connectivity index (χ4v) is 2.08. The van der Waals surface area contributed by atoms with E-state index in [-0.39, 0.29) is 17.7 Å². The minimum atomic E-state index is -1.13. The lowest BCUT2D eigenvalue weighted by Crippen LogP contribution is -2.40. The Labute approximate surface area is 123 Å². The highest BCUT2D eigenvalue weighted by Crippen LogP contribution is 2.21. The van der Waals surface area contributed by atoms with Crippen LogP contribution in [0.15, 0.2) is 22.7 Å². The Morgan fingerprint density at radius 2 is 2.10 bits per heavy atom. The van der Waals surface area contributed by atoms with Gasteiger partial charge in [-0.05, 0) is 12.5 Å². The van der Waals surface area contributed by atoms with E-state index in [1.807, 2.05) is 0 Å². The number of benzene rings is 1. The molecule has 7 nitrogen and oxygen atoms in total. The molecule has 1 unspecified atom stereocenters. The summed E-state index contributed by atoms with van der Waals surface area (Å²) in [5.74, 6) is -1.79. The molecule has 1 aromatic rings. The topological polar surface area (TPSA) is 110 Å². The molecule has 0 aliphatic rings. The van der Waals surface area contributed by atoms with E-state index in [2.05, 4.69) is 21.2 Å². The predicted molar refractivity (Wildman–Crippen MR) is 74.6 cm³/mol. The lowest BCUT2D eigenvalue weighted by molar-refractivity contribution is -0.385. The molecule has 0 aliphatic heterocycles. The van der Waals surface area contributed by atoms with Crippen molar-refractivity contribution in [2.24, 2.45) is 0 Å². The molecule has 0 aromatic heterocycles. The third kappa shape index (κ3) is 4.30. The molecule has 0 bridgehead atoms. The zero-order valence-electron chi connectivity index (χ0n) is 10.6. The van der Waals surface area contributed by atoms with Gasteiger partial charge in [-0.1, -0.05) is 29.3 Å². The highest BCUT2D eigenvalue weighted by molar-refractivity contribution is 9.10. The van der Waals surface area contributed by atoms with E-state index >= 15 is 0 Å². The van der Waals surface area contributed by atoms with Crippen molar-refractivity contribution in [3.8, 4) is 0 Å². The monoisotopic (exact) mass is 344 g/mol. The molecule has 0 fully saturated rings. The van der Waals surface area contributed by atoms with E-state index in [4.69, 9.17) is 5.11 Å². The van der Waals surface area contributed by atoms with Crippen molar-refractivity contribution in [1.29, 1.82) is 0 Å². The summed E-state index contributed by atoms with van der Waals surface area (Å²) in [5, 5.41) is 22.0. The molecule has 1 amide bonds. The quantitative estimate of drug-likeness (QED) is 0.607. The van der Waals surface area contributed by atoms with Gasteiger partial charge in [0.2, 0.25) is 0 Å². The zero-order chi connectivity index (χ0) is 15.3. The summed E-state index contributed by atoms with van der Waals surface area (Å²) in [7, 11) is 0. The minimum Gasteiger partial charge on any atom is -0.480 e. The average Bonchev–Trinajstić information content (AvgIpc) is 2.37. The third-order valence-electron chi connectivity index (χ3n) is 2.54. The Balaban J connectivity index is 2.97. The fourth-order valence-electron chi connectivity index (χ4n) is 1.60. The molecule has 20 heavy (non-hydrogen) atoms. The van der Waals surface area contributed by atoms with Crippen molar-refractivity contribution in [2.75, 3.05) is 0 Å². The largest absolute Gasteiger partial charge is 0.480 e. The van der Waals surface area contributed by atoms with Gasteiger partial charge in [0.15, 0.2) is 0 Å². The van der Waals surface area contributed by atoms with Crippen LogP contribution in [0.3, 0.4) is 0 Å². The van der Waals surface area contributed by atoms with Gasteiger partial charge in [0.25, 0.3) is 11.6 Å². The van der Waals surface area contributed by atoms with E-state index in [0.717, 1.165) is 6.07 Å². The Kier molecular flexibility index (Phi) is 5.63. The van der Waals surface area contributed by atoms with Crippen molar-refractivity contribution in [2.45, 2.75) is 25.8 Å². The molecule has 0 aliphatic carbocycles. The van der Waals surface area contributed by atoms with Gasteiger partial charge in [0.05, 0.1) is 4.92 Å². The van der Waals surface area contributed by atoms with Crippen LogP contribution in [-0.4, -0.2) is 27.9 Å². The van der Waals surface area contributed by atoms with Gasteiger partial charge >= 0.3 is 5.97 Å². The van der Waals surface area contributed by atoms with Crippen LogP contribution in [-0.2, 0) is 4.79 Å². The van der Waals surface area contributed by atoms with Gasteiger partial charge in [-0.25, -0.2) is 4.79 Å². The first-order valence-electron chi connectivity index (χ1n) is 5.83. The first-order valence-corrected chi connectivity index (χ1v) is 6.63. The number of carboxylic acids is 1. The maximum Gasteiger partial charge on any atom is 0.326 e. The zero-order valence-corrected chi connectivity index (χ0v) is 12.2. The molecule has 0 saturated carbocycles. The van der Waals surface area contributed by atoms with Crippen molar-refractivity contribution in [3.05, 3.63) is 38.3 Å². The number of carbonyl (C=O) groups excluding carboxylic acids is 1. The van der Waals surface area contributed by atoms with Crippen LogP contribution in [0.5, 0.6) is 0 Å². The molecule has 1 rings (SSSR count). The highest BCUT2D eigenvalue weighted by atomic mass is 79.9. The first-order chi connectivity index (χ1) is 9.35. The number of non-ortho nitro benzene ring substituents is 1. The number of hydrogen-bond acceptors (Lipinski definition) is 4. The molecule has 0 saturated heterocycles. The summed E-state index contributed by atoms with van der Waals surface area (Å²) < 4.78 is 0.374. The first kappa shape index (κ1) is 16.1. The van der Waals surface area contributed by atoms with Crippen LogP contribution in [0.4, 0.5) is 5.69 Å². The number of halogens is 1. The van der Waals surface area contributed by atoms with E-state index in [1.165, 1.54) is 12.1 Å². The van der Waals surface area contributed by atoms with Crippen molar-refractivity contribution >= 4 is 33.5 Å². The summed E-state index contributed by atoms with van der Waals surface area (Å²) in [6, 6.07) is 2.75. The van der Waals surface area contributed by atoms with E-state index in [1.54, 1.807) is 6.92 Å². The standard InChI is InChI=1S/C12H13BrN2O5/c1-2-3-10(12(17)18)14-11(16)7-4-8(13)6-9(5-7)15(19)20/h4-6,10H,2-3H2,1H3,(H,14,16)(H,17,18). The SMILES string of the molecule is CCCC(NC(=O)c1cc(Br)cc([N+](=O)[O-])c1)C(=O)O. The molecule has 108 valence electrons. The smallest absolute Gasteiger partial charge is 0.326 e. The van der Waals surface area contributed by atoms with Gasteiger partial charge in [-0.15, -0.1) is 0 Å². The maximum atomic E-state index is 11.9. The second-order valence-corrected chi connectivity index (χ2v) is 5.02. The lowest BCUT2D eigenvalue weighted by atomic mass is 10.1. The molecule has 1 aromatic carbocycles. The fraction of sp³-hybridized carbons (Fsp3) is 0.333. The van der Waals surface area contributed by atoms with Gasteiger partial charge in [-0.2, -0.15) is 0 Å². The Morgan fingerprint density at radius 1 is 1.45 bits per heavy atom. The number of carbonyl (C=O) groups is 2. The summed E-state index contributed by atoms with van der Waals surface area (Å²) in [6.45, 7) is 1.80. The van der Waals surface area contributed by atoms with Crippen LogP contribution >= 0.6 is 15.9 Å². The van der Waals surface area contributed by atoms with Crippen LogP contribution in [0, 0.1) is 10.1 Å². The second kappa shape index (κ2) is 6.99. The summed E-state index contributed by atoms with van der Waals surface area (Å²) in [4.78, 5) is 33.0. The summed E-state index contributed by atoms with van der Waals surface area (Å²) in [6.07, 6.45) is 0.882. The molecule has 8 heteroatoms. The number of carboxylic acid groups (broad SMARTS) is 1. The van der Waals surface area contributed by atoms with Gasteiger partial charge < -0.3 is 10.4 Å². The molecule has 0 radical (unpaired) electrons. The minimum absolute atomic E-state index is 0.0356. The lowest BCUT2D eigenvalue weighted by Gasteiger charge is -2.13. The Morgan fingerprint density at radius 3 is 2.60 bits per heavy atom.